The third-order valence-electron chi connectivity index (χ3n) is 2.96. The minimum absolute atomic E-state index is 0.269. The lowest BCUT2D eigenvalue weighted by Crippen LogP contribution is -2.27. The van der Waals surface area contributed by atoms with E-state index in [4.69, 9.17) is 9.47 Å². The molecule has 0 spiro atoms. The van der Waals surface area contributed by atoms with Gasteiger partial charge in [-0.25, -0.2) is 9.78 Å². The van der Waals surface area contributed by atoms with E-state index in [0.29, 0.717) is 22.5 Å². The van der Waals surface area contributed by atoms with Crippen LogP contribution in [0.1, 0.15) is 10.5 Å². The molecule has 106 valence electrons. The Morgan fingerprint density at radius 1 is 1.15 bits per heavy atom. The van der Waals surface area contributed by atoms with Gasteiger partial charge in [0, 0.05) is 19.2 Å². The minimum Gasteiger partial charge on any atom is -0.493 e. The molecule has 0 fully saturated rings. The quantitative estimate of drug-likeness (QED) is 0.770. The van der Waals surface area contributed by atoms with Crippen molar-refractivity contribution in [1.82, 2.24) is 9.55 Å². The first kappa shape index (κ1) is 13.9. The highest BCUT2D eigenvalue weighted by atomic mass is 16.5. The Morgan fingerprint density at radius 2 is 1.75 bits per heavy atom. The minimum atomic E-state index is -0.776. The van der Waals surface area contributed by atoms with Crippen LogP contribution in [0, 0.1) is 0 Å². The highest BCUT2D eigenvalue weighted by molar-refractivity contribution is 5.90. The summed E-state index contributed by atoms with van der Waals surface area (Å²) < 4.78 is 16.2. The number of aryl methyl sites for hydroxylation is 1. The molecule has 0 aliphatic heterocycles. The van der Waals surface area contributed by atoms with Gasteiger partial charge in [-0.05, 0) is 0 Å². The zero-order chi connectivity index (χ0) is 14.9. The molecular weight excluding hydrogens is 264 g/mol. The average Bonchev–Trinajstić information content (AvgIpc) is 2.48. The van der Waals surface area contributed by atoms with Crippen molar-refractivity contribution in [3.05, 3.63) is 28.2 Å². The predicted molar refractivity (Wildman–Crippen MR) is 71.4 cm³/mol. The summed E-state index contributed by atoms with van der Waals surface area (Å²) in [7, 11) is 5.73. The van der Waals surface area contributed by atoms with Crippen LogP contribution in [-0.2, 0) is 11.8 Å². The third kappa shape index (κ3) is 2.07. The highest BCUT2D eigenvalue weighted by Crippen LogP contribution is 2.30. The molecule has 0 N–H and O–H groups in total. The van der Waals surface area contributed by atoms with E-state index < -0.39 is 11.5 Å². The molecule has 7 nitrogen and oxygen atoms in total. The first-order valence-corrected chi connectivity index (χ1v) is 5.74. The molecule has 0 aliphatic carbocycles. The second kappa shape index (κ2) is 5.20. The standard InChI is InChI=1S/C13H14N2O5/c1-15-8-6-10(19-3)9(18-2)5-7(8)14-11(12(15)16)13(17)20-4/h5-6H,1-4H3. The second-order valence-electron chi connectivity index (χ2n) is 4.01. The summed E-state index contributed by atoms with van der Waals surface area (Å²) in [5.74, 6) is 0.159. The van der Waals surface area contributed by atoms with Crippen molar-refractivity contribution in [2.24, 2.45) is 7.05 Å². The lowest BCUT2D eigenvalue weighted by Gasteiger charge is -2.11. The normalized spacial score (nSPS) is 10.4. The number of carbonyl (C=O) groups excluding carboxylic acids is 1. The molecular formula is C13H14N2O5. The summed E-state index contributed by atoms with van der Waals surface area (Å²) in [4.78, 5) is 27.7. The molecule has 7 heteroatoms. The maximum Gasteiger partial charge on any atom is 0.362 e. The molecule has 0 unspecified atom stereocenters. The zero-order valence-electron chi connectivity index (χ0n) is 11.6. The Labute approximate surface area is 114 Å². The zero-order valence-corrected chi connectivity index (χ0v) is 11.6. The van der Waals surface area contributed by atoms with Gasteiger partial charge in [0.2, 0.25) is 5.69 Å². The van der Waals surface area contributed by atoms with Gasteiger partial charge in [-0.1, -0.05) is 0 Å². The summed E-state index contributed by atoms with van der Waals surface area (Å²) in [5, 5.41) is 0. The Hall–Kier alpha value is -2.57. The molecule has 20 heavy (non-hydrogen) atoms. The van der Waals surface area contributed by atoms with Gasteiger partial charge in [-0.15, -0.1) is 0 Å². The topological polar surface area (TPSA) is 79.7 Å². The van der Waals surface area contributed by atoms with Crippen LogP contribution in [0.15, 0.2) is 16.9 Å². The number of nitrogens with zero attached hydrogens (tertiary/aromatic N) is 2. The molecule has 0 bridgehead atoms. The van der Waals surface area contributed by atoms with Crippen LogP contribution < -0.4 is 15.0 Å². The first-order valence-electron chi connectivity index (χ1n) is 5.74. The van der Waals surface area contributed by atoms with Crippen molar-refractivity contribution < 1.29 is 19.0 Å². The molecule has 0 aliphatic rings. The monoisotopic (exact) mass is 278 g/mol. The maximum absolute atomic E-state index is 12.1. The van der Waals surface area contributed by atoms with Crippen molar-refractivity contribution in [2.45, 2.75) is 0 Å². The lowest BCUT2D eigenvalue weighted by atomic mass is 10.2. The Morgan fingerprint density at radius 3 is 2.30 bits per heavy atom. The smallest absolute Gasteiger partial charge is 0.362 e. The van der Waals surface area contributed by atoms with E-state index in [1.807, 2.05) is 0 Å². The van der Waals surface area contributed by atoms with Crippen LogP contribution in [0.2, 0.25) is 0 Å². The molecule has 0 amide bonds. The third-order valence-corrected chi connectivity index (χ3v) is 2.96. The van der Waals surface area contributed by atoms with Crippen LogP contribution >= 0.6 is 0 Å². The van der Waals surface area contributed by atoms with E-state index in [2.05, 4.69) is 9.72 Å². The highest BCUT2D eigenvalue weighted by Gasteiger charge is 2.18. The SMILES string of the molecule is COC(=O)c1nc2cc(OC)c(OC)cc2n(C)c1=O. The maximum atomic E-state index is 12.1. The fraction of sp³-hybridized carbons (Fsp3) is 0.308. The van der Waals surface area contributed by atoms with Crippen LogP contribution in [-0.4, -0.2) is 36.8 Å². The van der Waals surface area contributed by atoms with E-state index in [-0.39, 0.29) is 5.69 Å². The molecule has 1 aromatic heterocycles. The fourth-order valence-electron chi connectivity index (χ4n) is 1.88. The molecule has 0 saturated carbocycles. The summed E-state index contributed by atoms with van der Waals surface area (Å²) in [6, 6.07) is 3.23. The number of benzene rings is 1. The van der Waals surface area contributed by atoms with Gasteiger partial charge in [0.05, 0.1) is 32.4 Å². The van der Waals surface area contributed by atoms with Gasteiger partial charge < -0.3 is 18.8 Å². The average molecular weight is 278 g/mol. The van der Waals surface area contributed by atoms with Crippen LogP contribution in [0.4, 0.5) is 0 Å². The van der Waals surface area contributed by atoms with Gasteiger partial charge >= 0.3 is 5.97 Å². The number of aromatic nitrogens is 2. The lowest BCUT2D eigenvalue weighted by molar-refractivity contribution is 0.0591. The van der Waals surface area contributed by atoms with Crippen molar-refractivity contribution in [2.75, 3.05) is 21.3 Å². The van der Waals surface area contributed by atoms with Crippen LogP contribution in [0.3, 0.4) is 0 Å². The molecule has 1 aromatic carbocycles. The Balaban J connectivity index is 2.83. The summed E-state index contributed by atoms with van der Waals surface area (Å²) in [6.45, 7) is 0. The van der Waals surface area contributed by atoms with Gasteiger partial charge in [-0.2, -0.15) is 0 Å². The molecule has 0 saturated heterocycles. The Bertz CT molecular complexity index is 736. The fourth-order valence-corrected chi connectivity index (χ4v) is 1.88. The van der Waals surface area contributed by atoms with Gasteiger partial charge in [0.25, 0.3) is 5.56 Å². The molecule has 0 atom stereocenters. The number of carbonyl (C=O) groups is 1. The van der Waals surface area contributed by atoms with Crippen molar-refractivity contribution >= 4 is 17.0 Å². The molecule has 0 radical (unpaired) electrons. The summed E-state index contributed by atoms with van der Waals surface area (Å²) in [5.41, 5.74) is 0.164. The van der Waals surface area contributed by atoms with Crippen LogP contribution in [0.25, 0.3) is 11.0 Å². The van der Waals surface area contributed by atoms with E-state index in [0.717, 1.165) is 0 Å². The summed E-state index contributed by atoms with van der Waals surface area (Å²) in [6.07, 6.45) is 0. The second-order valence-corrected chi connectivity index (χ2v) is 4.01. The van der Waals surface area contributed by atoms with Gasteiger partial charge in [0.15, 0.2) is 11.5 Å². The van der Waals surface area contributed by atoms with E-state index >= 15 is 0 Å². The largest absolute Gasteiger partial charge is 0.493 e. The number of esters is 1. The Kier molecular flexibility index (Phi) is 3.60. The number of ether oxygens (including phenoxy) is 3. The van der Waals surface area contributed by atoms with Crippen molar-refractivity contribution in [1.29, 1.82) is 0 Å². The molecule has 1 heterocycles. The van der Waals surface area contributed by atoms with Crippen molar-refractivity contribution in [3.63, 3.8) is 0 Å². The van der Waals surface area contributed by atoms with E-state index in [1.165, 1.54) is 25.9 Å². The first-order chi connectivity index (χ1) is 9.53. The van der Waals surface area contributed by atoms with E-state index in [1.54, 1.807) is 19.2 Å². The number of fused-ring (bicyclic) bond motifs is 1. The number of hydrogen-bond acceptors (Lipinski definition) is 6. The molecule has 2 rings (SSSR count). The molecule has 2 aromatic rings. The van der Waals surface area contributed by atoms with Gasteiger partial charge in [0.1, 0.15) is 0 Å². The van der Waals surface area contributed by atoms with Gasteiger partial charge in [-0.3, -0.25) is 4.79 Å². The number of hydrogen-bond donors (Lipinski definition) is 0. The predicted octanol–water partition coefficient (Wildman–Crippen LogP) is 0.737. The van der Waals surface area contributed by atoms with Crippen LogP contribution in [0.5, 0.6) is 11.5 Å². The number of methoxy groups -OCH3 is 3. The summed E-state index contributed by atoms with van der Waals surface area (Å²) >= 11 is 0. The number of rotatable bonds is 3. The van der Waals surface area contributed by atoms with Crippen molar-refractivity contribution in [3.8, 4) is 11.5 Å². The van der Waals surface area contributed by atoms with E-state index in [9.17, 15) is 9.59 Å².